The average Bonchev–Trinajstić information content (AvgIpc) is 2.94. The van der Waals surface area contributed by atoms with Crippen LogP contribution in [-0.2, 0) is 6.42 Å². The van der Waals surface area contributed by atoms with Crippen LogP contribution in [-0.4, -0.2) is 15.9 Å². The van der Waals surface area contributed by atoms with Gasteiger partial charge in [0.15, 0.2) is 0 Å². The second-order valence-corrected chi connectivity index (χ2v) is 5.95. The van der Waals surface area contributed by atoms with E-state index in [0.29, 0.717) is 0 Å². The van der Waals surface area contributed by atoms with Crippen molar-refractivity contribution in [3.05, 3.63) is 77.5 Å². The van der Waals surface area contributed by atoms with Gasteiger partial charge in [-0.3, -0.25) is 0 Å². The second kappa shape index (κ2) is 10.4. The third kappa shape index (κ3) is 5.22. The van der Waals surface area contributed by atoms with Crippen LogP contribution in [0.25, 0.3) is 5.69 Å². The van der Waals surface area contributed by atoms with Crippen LogP contribution in [0.5, 0.6) is 5.88 Å². The summed E-state index contributed by atoms with van der Waals surface area (Å²) < 4.78 is 7.94. The first-order valence-electron chi connectivity index (χ1n) is 8.99. The summed E-state index contributed by atoms with van der Waals surface area (Å²) >= 11 is 0. The lowest BCUT2D eigenvalue weighted by atomic mass is 10.1. The highest BCUT2D eigenvalue weighted by Gasteiger charge is 2.18. The zero-order chi connectivity index (χ0) is 18.2. The van der Waals surface area contributed by atoms with E-state index in [1.807, 2.05) is 56.6 Å². The Kier molecular flexibility index (Phi) is 8.63. The van der Waals surface area contributed by atoms with Gasteiger partial charge in [-0.1, -0.05) is 69.8 Å². The van der Waals surface area contributed by atoms with Gasteiger partial charge in [0, 0.05) is 17.7 Å². The van der Waals surface area contributed by atoms with Crippen molar-refractivity contribution >= 4 is 0 Å². The molecule has 26 heavy (non-hydrogen) atoms. The Balaban J connectivity index is 0.00000109. The van der Waals surface area contributed by atoms with Gasteiger partial charge in [0.1, 0.15) is 0 Å². The highest BCUT2D eigenvalue weighted by Crippen LogP contribution is 2.27. The molecule has 0 N–H and O–H groups in total. The van der Waals surface area contributed by atoms with Crippen LogP contribution in [0, 0.1) is 6.92 Å². The lowest BCUT2D eigenvalue weighted by Crippen LogP contribution is -2.08. The molecule has 0 aliphatic carbocycles. The predicted molar refractivity (Wildman–Crippen MR) is 111 cm³/mol. The van der Waals surface area contributed by atoms with Gasteiger partial charge in [-0.25, -0.2) is 4.68 Å². The lowest BCUT2D eigenvalue weighted by Gasteiger charge is -2.09. The summed E-state index contributed by atoms with van der Waals surface area (Å²) in [7, 11) is 0. The quantitative estimate of drug-likeness (QED) is 0.545. The minimum absolute atomic E-state index is 0. The molecule has 0 saturated carbocycles. The molecule has 0 bridgehead atoms. The SMILES string of the molecule is C.CC.Cc1c(Cc2ccccc2)c(OC(C)C)nn1-c1ccccc1. The van der Waals surface area contributed by atoms with E-state index in [2.05, 4.69) is 43.3 Å². The van der Waals surface area contributed by atoms with Crippen LogP contribution >= 0.6 is 0 Å². The Labute approximate surface area is 158 Å². The maximum Gasteiger partial charge on any atom is 0.237 e. The molecule has 1 heterocycles. The molecule has 0 aliphatic rings. The lowest BCUT2D eigenvalue weighted by molar-refractivity contribution is 0.229. The molecule has 0 atom stereocenters. The number of hydrogen-bond acceptors (Lipinski definition) is 2. The Morgan fingerprint density at radius 2 is 1.46 bits per heavy atom. The first-order chi connectivity index (χ1) is 12.1. The van der Waals surface area contributed by atoms with E-state index in [-0.39, 0.29) is 13.5 Å². The topological polar surface area (TPSA) is 27.1 Å². The fourth-order valence-corrected chi connectivity index (χ4v) is 2.65. The highest BCUT2D eigenvalue weighted by atomic mass is 16.5. The van der Waals surface area contributed by atoms with Crippen molar-refractivity contribution in [3.8, 4) is 11.6 Å². The molecular formula is C23H32N2O. The fourth-order valence-electron chi connectivity index (χ4n) is 2.65. The van der Waals surface area contributed by atoms with Gasteiger partial charge < -0.3 is 4.74 Å². The summed E-state index contributed by atoms with van der Waals surface area (Å²) in [5.74, 6) is 0.727. The van der Waals surface area contributed by atoms with Gasteiger partial charge in [-0.05, 0) is 38.5 Å². The Hall–Kier alpha value is -2.55. The van der Waals surface area contributed by atoms with Crippen LogP contribution in [0.2, 0.25) is 0 Å². The molecule has 3 aromatic rings. The van der Waals surface area contributed by atoms with Gasteiger partial charge in [0.2, 0.25) is 5.88 Å². The fraction of sp³-hybridized carbons (Fsp3) is 0.348. The van der Waals surface area contributed by atoms with Crippen molar-refractivity contribution in [2.24, 2.45) is 0 Å². The predicted octanol–water partition coefficient (Wildman–Crippen LogP) is 6.22. The Morgan fingerprint density at radius 3 is 2.00 bits per heavy atom. The van der Waals surface area contributed by atoms with E-state index in [1.165, 1.54) is 5.56 Å². The number of benzene rings is 2. The van der Waals surface area contributed by atoms with Gasteiger partial charge in [0.25, 0.3) is 0 Å². The van der Waals surface area contributed by atoms with Crippen LogP contribution < -0.4 is 4.74 Å². The van der Waals surface area contributed by atoms with E-state index in [1.54, 1.807) is 0 Å². The number of para-hydroxylation sites is 1. The highest BCUT2D eigenvalue weighted by molar-refractivity contribution is 5.42. The molecule has 3 rings (SSSR count). The average molecular weight is 353 g/mol. The van der Waals surface area contributed by atoms with Crippen LogP contribution in [0.3, 0.4) is 0 Å². The molecule has 2 aromatic carbocycles. The standard InChI is InChI=1S/C20H22N2O.C2H6.CH4/c1-15(2)23-20-19(14-17-10-6-4-7-11-17)16(3)22(21-20)18-12-8-5-9-13-18;1-2;/h4-13,15H,14H2,1-3H3;1-2H3;1H4. The molecule has 0 unspecified atom stereocenters. The third-order valence-electron chi connectivity index (χ3n) is 3.78. The summed E-state index contributed by atoms with van der Waals surface area (Å²) in [6.45, 7) is 10.2. The first-order valence-corrected chi connectivity index (χ1v) is 8.99. The zero-order valence-electron chi connectivity index (χ0n) is 15.9. The molecule has 0 aliphatic heterocycles. The molecule has 0 amide bonds. The van der Waals surface area contributed by atoms with Gasteiger partial charge in [-0.2, -0.15) is 0 Å². The molecule has 0 fully saturated rings. The molecule has 0 radical (unpaired) electrons. The summed E-state index contributed by atoms with van der Waals surface area (Å²) in [5, 5.41) is 4.71. The van der Waals surface area contributed by atoms with Crippen molar-refractivity contribution < 1.29 is 4.74 Å². The van der Waals surface area contributed by atoms with E-state index in [4.69, 9.17) is 9.84 Å². The van der Waals surface area contributed by atoms with Crippen LogP contribution in [0.4, 0.5) is 0 Å². The van der Waals surface area contributed by atoms with Crippen molar-refractivity contribution in [1.82, 2.24) is 9.78 Å². The molecule has 1 aromatic heterocycles. The zero-order valence-corrected chi connectivity index (χ0v) is 15.9. The maximum atomic E-state index is 5.97. The Bertz CT molecular complexity index is 762. The summed E-state index contributed by atoms with van der Waals surface area (Å²) in [4.78, 5) is 0. The minimum Gasteiger partial charge on any atom is -0.474 e. The molecule has 140 valence electrons. The molecule has 3 heteroatoms. The number of rotatable bonds is 5. The van der Waals surface area contributed by atoms with Crippen molar-refractivity contribution in [2.75, 3.05) is 0 Å². The van der Waals surface area contributed by atoms with Gasteiger partial charge in [0.05, 0.1) is 11.8 Å². The molecule has 0 saturated heterocycles. The van der Waals surface area contributed by atoms with Crippen LogP contribution in [0.15, 0.2) is 60.7 Å². The molecular weight excluding hydrogens is 320 g/mol. The number of aromatic nitrogens is 2. The van der Waals surface area contributed by atoms with Gasteiger partial charge >= 0.3 is 0 Å². The number of nitrogens with zero attached hydrogens (tertiary/aromatic N) is 2. The van der Waals surface area contributed by atoms with E-state index < -0.39 is 0 Å². The normalized spacial score (nSPS) is 9.92. The van der Waals surface area contributed by atoms with Gasteiger partial charge in [-0.15, -0.1) is 5.10 Å². The van der Waals surface area contributed by atoms with E-state index in [9.17, 15) is 0 Å². The van der Waals surface area contributed by atoms with Crippen molar-refractivity contribution in [2.45, 2.75) is 54.6 Å². The largest absolute Gasteiger partial charge is 0.474 e. The smallest absolute Gasteiger partial charge is 0.237 e. The number of ether oxygens (including phenoxy) is 1. The van der Waals surface area contributed by atoms with Crippen molar-refractivity contribution in [3.63, 3.8) is 0 Å². The summed E-state index contributed by atoms with van der Waals surface area (Å²) in [6.07, 6.45) is 0.921. The number of hydrogen-bond donors (Lipinski definition) is 0. The first kappa shape index (κ1) is 21.5. The monoisotopic (exact) mass is 352 g/mol. The summed E-state index contributed by atoms with van der Waals surface area (Å²) in [6, 6.07) is 20.6. The summed E-state index contributed by atoms with van der Waals surface area (Å²) in [5.41, 5.74) is 4.58. The third-order valence-corrected chi connectivity index (χ3v) is 3.78. The van der Waals surface area contributed by atoms with Crippen molar-refractivity contribution in [1.29, 1.82) is 0 Å². The maximum absolute atomic E-state index is 5.97. The van der Waals surface area contributed by atoms with E-state index in [0.717, 1.165) is 29.2 Å². The van der Waals surface area contributed by atoms with Crippen LogP contribution in [0.1, 0.15) is 51.9 Å². The molecule has 3 nitrogen and oxygen atoms in total. The Morgan fingerprint density at radius 1 is 0.923 bits per heavy atom. The minimum atomic E-state index is 0. The second-order valence-electron chi connectivity index (χ2n) is 5.95. The molecule has 0 spiro atoms. The van der Waals surface area contributed by atoms with E-state index >= 15 is 0 Å².